The molecule has 0 spiro atoms. The summed E-state index contributed by atoms with van der Waals surface area (Å²) in [6, 6.07) is 20.8. The molecule has 8 heteroatoms. The molecule has 0 atom stereocenters. The SMILES string of the molecule is COc1ncccc1Nc1cc2nc3ccc(C)cc3n(-c3ccc(F)cc3)c-2cc1=NC1CCC(OC)CC1. The maximum Gasteiger partial charge on any atom is 0.237 e. The number of nitrogens with zero attached hydrogens (tertiary/aromatic N) is 4. The third kappa shape index (κ3) is 5.14. The molecular formula is C32H32FN5O2. The smallest absolute Gasteiger partial charge is 0.237 e. The molecule has 2 heterocycles. The molecule has 3 aromatic rings. The number of hydrogen-bond donors (Lipinski definition) is 1. The number of ether oxygens (including phenoxy) is 2. The van der Waals surface area contributed by atoms with E-state index in [0.29, 0.717) is 12.0 Å². The minimum Gasteiger partial charge on any atom is -0.480 e. The first kappa shape index (κ1) is 26.0. The predicted octanol–water partition coefficient (Wildman–Crippen LogP) is 6.58. The van der Waals surface area contributed by atoms with Crippen LogP contribution in [0.3, 0.4) is 0 Å². The highest BCUT2D eigenvalue weighted by Crippen LogP contribution is 2.32. The van der Waals surface area contributed by atoms with Crippen LogP contribution in [0.5, 0.6) is 5.88 Å². The lowest BCUT2D eigenvalue weighted by Gasteiger charge is -2.25. The van der Waals surface area contributed by atoms with Crippen LogP contribution in [0.1, 0.15) is 31.2 Å². The van der Waals surface area contributed by atoms with Gasteiger partial charge in [0.05, 0.1) is 52.7 Å². The Bertz CT molecular complexity index is 1690. The molecule has 0 saturated heterocycles. The van der Waals surface area contributed by atoms with Gasteiger partial charge in [0.15, 0.2) is 0 Å². The molecule has 7 nitrogen and oxygen atoms in total. The van der Waals surface area contributed by atoms with Crippen molar-refractivity contribution in [2.45, 2.75) is 44.8 Å². The Morgan fingerprint density at radius 3 is 2.50 bits per heavy atom. The van der Waals surface area contributed by atoms with Gasteiger partial charge in [0, 0.05) is 19.0 Å². The Morgan fingerprint density at radius 1 is 0.950 bits per heavy atom. The fourth-order valence-electron chi connectivity index (χ4n) is 5.48. The van der Waals surface area contributed by atoms with Crippen molar-refractivity contribution in [2.75, 3.05) is 19.5 Å². The number of anilines is 2. The molecule has 0 unspecified atom stereocenters. The van der Waals surface area contributed by atoms with Crippen molar-refractivity contribution in [3.8, 4) is 23.0 Å². The topological polar surface area (TPSA) is 73.6 Å². The monoisotopic (exact) mass is 537 g/mol. The zero-order chi connectivity index (χ0) is 27.6. The molecule has 1 fully saturated rings. The molecule has 2 aromatic carbocycles. The van der Waals surface area contributed by atoms with Crippen LogP contribution in [0.15, 0.2) is 77.9 Å². The van der Waals surface area contributed by atoms with E-state index in [-0.39, 0.29) is 11.9 Å². The number of fused-ring (bicyclic) bond motifs is 2. The maximum atomic E-state index is 13.9. The quantitative estimate of drug-likeness (QED) is 0.248. The lowest BCUT2D eigenvalue weighted by molar-refractivity contribution is 0.0663. The van der Waals surface area contributed by atoms with Crippen molar-refractivity contribution >= 4 is 22.4 Å². The summed E-state index contributed by atoms with van der Waals surface area (Å²) in [6.45, 7) is 2.06. The van der Waals surface area contributed by atoms with Crippen LogP contribution in [0, 0.1) is 12.7 Å². The van der Waals surface area contributed by atoms with E-state index < -0.39 is 0 Å². The van der Waals surface area contributed by atoms with E-state index in [1.165, 1.54) is 12.1 Å². The summed E-state index contributed by atoms with van der Waals surface area (Å²) in [5.41, 5.74) is 6.99. The third-order valence-corrected chi connectivity index (χ3v) is 7.56. The Kier molecular flexibility index (Phi) is 7.17. The molecule has 2 aliphatic carbocycles. The Morgan fingerprint density at radius 2 is 1.75 bits per heavy atom. The summed E-state index contributed by atoms with van der Waals surface area (Å²) in [5, 5.41) is 4.34. The van der Waals surface area contributed by atoms with E-state index in [0.717, 1.165) is 76.1 Å². The molecule has 3 aliphatic rings. The van der Waals surface area contributed by atoms with Gasteiger partial charge in [-0.3, -0.25) is 4.99 Å². The number of rotatable bonds is 6. The van der Waals surface area contributed by atoms with Crippen LogP contribution in [-0.2, 0) is 4.74 Å². The van der Waals surface area contributed by atoms with Gasteiger partial charge >= 0.3 is 0 Å². The minimum atomic E-state index is -0.276. The second kappa shape index (κ2) is 11.1. The van der Waals surface area contributed by atoms with Gasteiger partial charge in [-0.25, -0.2) is 14.4 Å². The predicted molar refractivity (Wildman–Crippen MR) is 155 cm³/mol. The average Bonchev–Trinajstić information content (AvgIpc) is 2.98. The van der Waals surface area contributed by atoms with Crippen molar-refractivity contribution in [2.24, 2.45) is 4.99 Å². The van der Waals surface area contributed by atoms with Crippen molar-refractivity contribution in [3.05, 3.63) is 89.7 Å². The largest absolute Gasteiger partial charge is 0.480 e. The van der Waals surface area contributed by atoms with Crippen LogP contribution < -0.4 is 15.4 Å². The highest BCUT2D eigenvalue weighted by atomic mass is 19.1. The Hall–Kier alpha value is -4.30. The van der Waals surface area contributed by atoms with E-state index in [4.69, 9.17) is 19.5 Å². The molecule has 0 radical (unpaired) electrons. The minimum absolute atomic E-state index is 0.176. The zero-order valence-corrected chi connectivity index (χ0v) is 22.9. The fourth-order valence-corrected chi connectivity index (χ4v) is 5.48. The molecule has 1 aliphatic heterocycles. The van der Waals surface area contributed by atoms with Gasteiger partial charge in [-0.1, -0.05) is 6.07 Å². The first-order valence-electron chi connectivity index (χ1n) is 13.6. The van der Waals surface area contributed by atoms with Crippen LogP contribution in [0.25, 0.3) is 28.1 Å². The zero-order valence-electron chi connectivity index (χ0n) is 22.9. The lowest BCUT2D eigenvalue weighted by atomic mass is 9.93. The molecule has 40 heavy (non-hydrogen) atoms. The van der Waals surface area contributed by atoms with E-state index >= 15 is 0 Å². The van der Waals surface area contributed by atoms with Gasteiger partial charge in [0.25, 0.3) is 0 Å². The van der Waals surface area contributed by atoms with Gasteiger partial charge < -0.3 is 19.4 Å². The first-order valence-corrected chi connectivity index (χ1v) is 13.6. The maximum absolute atomic E-state index is 13.9. The third-order valence-electron chi connectivity index (χ3n) is 7.56. The first-order chi connectivity index (χ1) is 19.5. The van der Waals surface area contributed by atoms with Crippen LogP contribution in [0.2, 0.25) is 0 Å². The van der Waals surface area contributed by atoms with E-state index in [1.54, 1.807) is 32.5 Å². The van der Waals surface area contributed by atoms with Crippen molar-refractivity contribution in [1.82, 2.24) is 14.5 Å². The van der Waals surface area contributed by atoms with Gasteiger partial charge in [-0.15, -0.1) is 0 Å². The number of aryl methyl sites for hydroxylation is 1. The summed E-state index contributed by atoms with van der Waals surface area (Å²) >= 11 is 0. The van der Waals surface area contributed by atoms with Gasteiger partial charge in [0.1, 0.15) is 11.5 Å². The molecule has 1 N–H and O–H groups in total. The van der Waals surface area contributed by atoms with E-state index in [9.17, 15) is 4.39 Å². The highest BCUT2D eigenvalue weighted by Gasteiger charge is 2.22. The number of nitrogens with one attached hydrogen (secondary N) is 1. The van der Waals surface area contributed by atoms with Gasteiger partial charge in [0.2, 0.25) is 5.88 Å². The Labute approximate surface area is 232 Å². The molecule has 204 valence electrons. The second-order valence-corrected chi connectivity index (χ2v) is 10.3. The van der Waals surface area contributed by atoms with Gasteiger partial charge in [-0.2, -0.15) is 0 Å². The lowest BCUT2D eigenvalue weighted by Crippen LogP contribution is -2.25. The number of methoxy groups -OCH3 is 2. The van der Waals surface area contributed by atoms with Crippen molar-refractivity contribution in [3.63, 3.8) is 0 Å². The van der Waals surface area contributed by atoms with Gasteiger partial charge in [-0.05, 0) is 98.8 Å². The molecular weight excluding hydrogens is 505 g/mol. The van der Waals surface area contributed by atoms with E-state index in [1.807, 2.05) is 24.3 Å². The summed E-state index contributed by atoms with van der Waals surface area (Å²) < 4.78 is 27.2. The molecule has 0 amide bonds. The van der Waals surface area contributed by atoms with Crippen LogP contribution >= 0.6 is 0 Å². The summed E-state index contributed by atoms with van der Waals surface area (Å²) in [5.74, 6) is 0.222. The molecule has 1 aromatic heterocycles. The Balaban J connectivity index is 1.60. The van der Waals surface area contributed by atoms with E-state index in [2.05, 4.69) is 40.0 Å². The number of halogens is 1. The molecule has 0 bridgehead atoms. The normalized spacial score (nSPS) is 17.9. The molecule has 6 rings (SSSR count). The number of pyridine rings is 1. The summed E-state index contributed by atoms with van der Waals surface area (Å²) in [7, 11) is 3.39. The standard InChI is InChI=1S/C32H32FN5O2/c1-20-6-15-25-30(17-20)38(23-11-7-21(33)8-12-23)31-19-28(35-22-9-13-24(39-2)14-10-22)27(18-29(31)36-25)37-26-5-4-16-34-32(26)40-3/h4-8,11-12,15-19,22,24,37H,9-10,13-14H2,1-3H3. The average molecular weight is 538 g/mol. The van der Waals surface area contributed by atoms with Crippen LogP contribution in [0.4, 0.5) is 15.8 Å². The fraction of sp³-hybridized carbons (Fsp3) is 0.281. The van der Waals surface area contributed by atoms with Crippen molar-refractivity contribution < 1.29 is 13.9 Å². The number of hydrogen-bond acceptors (Lipinski definition) is 6. The number of aromatic nitrogens is 3. The molecule has 1 saturated carbocycles. The summed E-state index contributed by atoms with van der Waals surface area (Å²) in [4.78, 5) is 14.6. The van der Waals surface area contributed by atoms with Crippen molar-refractivity contribution in [1.29, 1.82) is 0 Å². The summed E-state index contributed by atoms with van der Waals surface area (Å²) in [6.07, 6.45) is 5.88. The highest BCUT2D eigenvalue weighted by molar-refractivity contribution is 5.85. The number of benzene rings is 3. The van der Waals surface area contributed by atoms with Crippen LogP contribution in [-0.4, -0.2) is 40.9 Å². The second-order valence-electron chi connectivity index (χ2n) is 10.3.